The topological polar surface area (TPSA) is 29.9 Å². The summed E-state index contributed by atoms with van der Waals surface area (Å²) in [6.07, 6.45) is 10.2. The van der Waals surface area contributed by atoms with Gasteiger partial charge in [0.05, 0.1) is 6.20 Å². The Morgan fingerprint density at radius 2 is 2.25 bits per heavy atom. The van der Waals surface area contributed by atoms with Crippen LogP contribution in [-0.4, -0.2) is 21.2 Å². The van der Waals surface area contributed by atoms with Gasteiger partial charge in [-0.2, -0.15) is 5.10 Å². The largest absolute Gasteiger partial charge is 0.308 e. The molecule has 2 rings (SSSR count). The summed E-state index contributed by atoms with van der Waals surface area (Å²) in [5.41, 5.74) is 1.23. The monoisotopic (exact) mass is 241 g/mol. The number of alkyl halides is 1. The Morgan fingerprint density at radius 3 is 3.00 bits per heavy atom. The average molecular weight is 242 g/mol. The summed E-state index contributed by atoms with van der Waals surface area (Å²) in [4.78, 5) is 0. The van der Waals surface area contributed by atoms with Crippen molar-refractivity contribution in [2.24, 2.45) is 7.05 Å². The van der Waals surface area contributed by atoms with Crippen LogP contribution >= 0.6 is 11.6 Å². The van der Waals surface area contributed by atoms with Crippen LogP contribution in [0.1, 0.15) is 37.7 Å². The van der Waals surface area contributed by atoms with Gasteiger partial charge in [-0.25, -0.2) is 0 Å². The molecule has 1 aliphatic carbocycles. The van der Waals surface area contributed by atoms with Crippen LogP contribution in [0.25, 0.3) is 0 Å². The molecule has 0 aromatic carbocycles. The van der Waals surface area contributed by atoms with Gasteiger partial charge in [0.25, 0.3) is 0 Å². The van der Waals surface area contributed by atoms with E-state index in [9.17, 15) is 0 Å². The molecular weight excluding hydrogens is 222 g/mol. The lowest BCUT2D eigenvalue weighted by atomic mass is 10.1. The van der Waals surface area contributed by atoms with Crippen molar-refractivity contribution in [3.8, 4) is 0 Å². The van der Waals surface area contributed by atoms with E-state index in [0.717, 1.165) is 13.0 Å². The van der Waals surface area contributed by atoms with Crippen LogP contribution in [0.15, 0.2) is 12.4 Å². The molecule has 0 aliphatic heterocycles. The maximum absolute atomic E-state index is 6.38. The van der Waals surface area contributed by atoms with Gasteiger partial charge in [0, 0.05) is 36.8 Å². The first-order valence-electron chi connectivity index (χ1n) is 6.10. The van der Waals surface area contributed by atoms with Gasteiger partial charge < -0.3 is 5.32 Å². The summed E-state index contributed by atoms with van der Waals surface area (Å²) in [5, 5.41) is 8.01. The summed E-state index contributed by atoms with van der Waals surface area (Å²) >= 11 is 6.38. The van der Waals surface area contributed by atoms with E-state index in [1.54, 1.807) is 0 Å². The predicted molar refractivity (Wildman–Crippen MR) is 66.6 cm³/mol. The van der Waals surface area contributed by atoms with E-state index in [1.165, 1.54) is 31.2 Å². The molecule has 2 atom stereocenters. The minimum atomic E-state index is 0.291. The molecule has 1 heterocycles. The van der Waals surface area contributed by atoms with Gasteiger partial charge in [0.15, 0.2) is 0 Å². The average Bonchev–Trinajstić information content (AvgIpc) is 2.56. The number of hydrogen-bond acceptors (Lipinski definition) is 2. The third-order valence-electron chi connectivity index (χ3n) is 3.26. The highest BCUT2D eigenvalue weighted by atomic mass is 35.5. The van der Waals surface area contributed by atoms with E-state index >= 15 is 0 Å². The van der Waals surface area contributed by atoms with Crippen molar-refractivity contribution >= 4 is 11.6 Å². The van der Waals surface area contributed by atoms with Crippen molar-refractivity contribution in [3.63, 3.8) is 0 Å². The highest BCUT2D eigenvalue weighted by Crippen LogP contribution is 2.22. The van der Waals surface area contributed by atoms with Crippen molar-refractivity contribution in [1.29, 1.82) is 0 Å². The molecule has 0 saturated heterocycles. The van der Waals surface area contributed by atoms with Gasteiger partial charge in [0.1, 0.15) is 0 Å². The first kappa shape index (κ1) is 11.9. The van der Waals surface area contributed by atoms with Crippen LogP contribution in [0.3, 0.4) is 0 Å². The van der Waals surface area contributed by atoms with Crippen LogP contribution in [0, 0.1) is 0 Å². The lowest BCUT2D eigenvalue weighted by Crippen LogP contribution is -2.35. The number of aromatic nitrogens is 2. The van der Waals surface area contributed by atoms with Gasteiger partial charge >= 0.3 is 0 Å². The van der Waals surface area contributed by atoms with Gasteiger partial charge in [0.2, 0.25) is 0 Å². The Labute approximate surface area is 102 Å². The Bertz CT molecular complexity index is 324. The number of rotatable bonds is 3. The number of nitrogens with zero attached hydrogens (tertiary/aromatic N) is 2. The molecule has 1 aromatic heterocycles. The third-order valence-corrected chi connectivity index (χ3v) is 3.78. The summed E-state index contributed by atoms with van der Waals surface area (Å²) in [6.45, 7) is 0.877. The maximum Gasteiger partial charge on any atom is 0.0534 e. The molecule has 90 valence electrons. The fourth-order valence-corrected chi connectivity index (χ4v) is 2.67. The van der Waals surface area contributed by atoms with Crippen LogP contribution in [0.2, 0.25) is 0 Å². The zero-order chi connectivity index (χ0) is 11.4. The van der Waals surface area contributed by atoms with Crippen LogP contribution in [-0.2, 0) is 13.6 Å². The molecule has 0 amide bonds. The number of nitrogens with one attached hydrogen (secondary N) is 1. The third kappa shape index (κ3) is 3.22. The standard InChI is InChI=1S/C12H20ClN3/c1-16-9-10(8-15-16)7-14-12-6-4-2-3-5-11(12)13/h8-9,11-12,14H,2-7H2,1H3. The number of hydrogen-bond donors (Lipinski definition) is 1. The maximum atomic E-state index is 6.38. The van der Waals surface area contributed by atoms with E-state index in [1.807, 2.05) is 24.1 Å². The molecule has 16 heavy (non-hydrogen) atoms. The van der Waals surface area contributed by atoms with E-state index in [4.69, 9.17) is 11.6 Å². The first-order valence-corrected chi connectivity index (χ1v) is 6.54. The van der Waals surface area contributed by atoms with Crippen molar-refractivity contribution in [3.05, 3.63) is 18.0 Å². The van der Waals surface area contributed by atoms with Gasteiger partial charge in [-0.1, -0.05) is 19.3 Å². The van der Waals surface area contributed by atoms with E-state index in [2.05, 4.69) is 10.4 Å². The minimum Gasteiger partial charge on any atom is -0.308 e. The van der Waals surface area contributed by atoms with Crippen LogP contribution in [0.5, 0.6) is 0 Å². The molecule has 0 bridgehead atoms. The number of aryl methyl sites for hydroxylation is 1. The zero-order valence-electron chi connectivity index (χ0n) is 9.82. The Kier molecular flexibility index (Phi) is 4.24. The van der Waals surface area contributed by atoms with Crippen molar-refractivity contribution < 1.29 is 0 Å². The minimum absolute atomic E-state index is 0.291. The Hall–Kier alpha value is -0.540. The number of halogens is 1. The molecule has 0 radical (unpaired) electrons. The lowest BCUT2D eigenvalue weighted by Gasteiger charge is -2.20. The molecule has 4 heteroatoms. The van der Waals surface area contributed by atoms with Crippen molar-refractivity contribution in [2.45, 2.75) is 50.1 Å². The molecule has 1 aliphatic rings. The van der Waals surface area contributed by atoms with Crippen molar-refractivity contribution in [1.82, 2.24) is 15.1 Å². The van der Waals surface area contributed by atoms with E-state index < -0.39 is 0 Å². The Morgan fingerprint density at radius 1 is 1.44 bits per heavy atom. The molecule has 3 nitrogen and oxygen atoms in total. The Balaban J connectivity index is 1.83. The first-order chi connectivity index (χ1) is 7.75. The van der Waals surface area contributed by atoms with E-state index in [-0.39, 0.29) is 0 Å². The SMILES string of the molecule is Cn1cc(CNC2CCCCCC2Cl)cn1. The van der Waals surface area contributed by atoms with E-state index in [0.29, 0.717) is 11.4 Å². The van der Waals surface area contributed by atoms with Gasteiger partial charge in [-0.3, -0.25) is 4.68 Å². The van der Waals surface area contributed by atoms with Crippen molar-refractivity contribution in [2.75, 3.05) is 0 Å². The van der Waals surface area contributed by atoms with Crippen LogP contribution in [0.4, 0.5) is 0 Å². The second-order valence-electron chi connectivity index (χ2n) is 4.66. The summed E-state index contributed by atoms with van der Waals surface area (Å²) < 4.78 is 1.84. The van der Waals surface area contributed by atoms with Gasteiger partial charge in [-0.15, -0.1) is 11.6 Å². The quantitative estimate of drug-likeness (QED) is 0.651. The van der Waals surface area contributed by atoms with Crippen LogP contribution < -0.4 is 5.32 Å². The lowest BCUT2D eigenvalue weighted by molar-refractivity contribution is 0.464. The highest BCUT2D eigenvalue weighted by molar-refractivity contribution is 6.21. The fourth-order valence-electron chi connectivity index (χ4n) is 2.30. The summed E-state index contributed by atoms with van der Waals surface area (Å²) in [6, 6.07) is 0.462. The zero-order valence-corrected chi connectivity index (χ0v) is 10.6. The second-order valence-corrected chi connectivity index (χ2v) is 5.22. The predicted octanol–water partition coefficient (Wildman–Crippen LogP) is 2.45. The normalized spacial score (nSPS) is 26.6. The summed E-state index contributed by atoms with van der Waals surface area (Å²) in [5.74, 6) is 0. The molecule has 0 spiro atoms. The molecule has 1 fully saturated rings. The van der Waals surface area contributed by atoms with Gasteiger partial charge in [-0.05, 0) is 12.8 Å². The molecular formula is C12H20ClN3. The molecule has 1 saturated carbocycles. The smallest absolute Gasteiger partial charge is 0.0534 e. The second kappa shape index (κ2) is 5.69. The molecule has 1 aromatic rings. The fraction of sp³-hybridized carbons (Fsp3) is 0.750. The highest BCUT2D eigenvalue weighted by Gasteiger charge is 2.20. The molecule has 1 N–H and O–H groups in total. The molecule has 2 unspecified atom stereocenters. The summed E-state index contributed by atoms with van der Waals surface area (Å²) in [7, 11) is 1.94.